The van der Waals surface area contributed by atoms with Gasteiger partial charge in [-0.05, 0) is 43.1 Å². The third-order valence-electron chi connectivity index (χ3n) is 5.31. The van der Waals surface area contributed by atoms with Gasteiger partial charge >= 0.3 is 6.18 Å². The highest BCUT2D eigenvalue weighted by atomic mass is 32.2. The number of aliphatic imine (C=N–C) groups is 1. The summed E-state index contributed by atoms with van der Waals surface area (Å²) in [6.45, 7) is 1.62. The van der Waals surface area contributed by atoms with Crippen LogP contribution >= 0.6 is 11.8 Å². The molecule has 1 aliphatic rings. The van der Waals surface area contributed by atoms with E-state index in [0.29, 0.717) is 29.6 Å². The van der Waals surface area contributed by atoms with E-state index < -0.39 is 29.9 Å². The summed E-state index contributed by atoms with van der Waals surface area (Å²) in [6.07, 6.45) is -3.16. The average Bonchev–Trinajstić information content (AvgIpc) is 2.71. The van der Waals surface area contributed by atoms with Gasteiger partial charge in [-0.15, -0.1) is 11.8 Å². The van der Waals surface area contributed by atoms with Crippen LogP contribution in [0.5, 0.6) is 0 Å². The Hall–Kier alpha value is -2.52. The first-order valence-electron chi connectivity index (χ1n) is 9.65. The van der Waals surface area contributed by atoms with Crippen molar-refractivity contribution in [3.05, 3.63) is 59.8 Å². The average molecular weight is 449 g/mol. The Morgan fingerprint density at radius 3 is 2.81 bits per heavy atom. The molecule has 0 aliphatic carbocycles. The molecule has 2 heterocycles. The molecule has 0 amide bonds. The summed E-state index contributed by atoms with van der Waals surface area (Å²) in [5.74, 6) is -0.108. The van der Waals surface area contributed by atoms with E-state index in [1.807, 2.05) is 12.1 Å². The lowest BCUT2D eigenvalue weighted by molar-refractivity contribution is -0.232. The molecule has 0 spiro atoms. The van der Waals surface area contributed by atoms with Crippen molar-refractivity contribution < 1.29 is 22.7 Å². The number of fused-ring (bicyclic) bond motifs is 2. The van der Waals surface area contributed by atoms with E-state index in [9.17, 15) is 22.7 Å². The van der Waals surface area contributed by atoms with Gasteiger partial charge in [-0.1, -0.05) is 18.2 Å². The first-order chi connectivity index (χ1) is 14.7. The lowest BCUT2D eigenvalue weighted by Crippen LogP contribution is -2.48. The van der Waals surface area contributed by atoms with Crippen LogP contribution in [-0.2, 0) is 0 Å². The van der Waals surface area contributed by atoms with E-state index in [1.54, 1.807) is 30.8 Å². The smallest absolute Gasteiger partial charge is 0.376 e. The number of aryl methyl sites for hydroxylation is 1. The number of hydrogen-bond donors (Lipinski definition) is 1. The zero-order valence-electron chi connectivity index (χ0n) is 16.5. The number of alkyl halides is 3. The van der Waals surface area contributed by atoms with E-state index in [-0.39, 0.29) is 11.2 Å². The number of aromatic nitrogens is 2. The van der Waals surface area contributed by atoms with Gasteiger partial charge in [-0.2, -0.15) is 13.2 Å². The fourth-order valence-electron chi connectivity index (χ4n) is 3.70. The summed E-state index contributed by atoms with van der Waals surface area (Å²) in [4.78, 5) is 12.9. The van der Waals surface area contributed by atoms with Crippen LogP contribution in [0.1, 0.15) is 30.1 Å². The molecule has 1 aromatic heterocycles. The predicted octanol–water partition coefficient (Wildman–Crippen LogP) is 5.74. The van der Waals surface area contributed by atoms with Gasteiger partial charge in [0.05, 0.1) is 11.2 Å². The number of halogens is 4. The molecule has 0 saturated carbocycles. The summed E-state index contributed by atoms with van der Waals surface area (Å²) < 4.78 is 55.8. The number of benzene rings is 2. The van der Waals surface area contributed by atoms with E-state index in [1.165, 1.54) is 6.20 Å². The highest BCUT2D eigenvalue weighted by molar-refractivity contribution is 7.99. The van der Waals surface area contributed by atoms with Gasteiger partial charge in [0.25, 0.3) is 0 Å². The van der Waals surface area contributed by atoms with Crippen molar-refractivity contribution in [2.24, 2.45) is 4.99 Å². The van der Waals surface area contributed by atoms with Crippen LogP contribution in [0.15, 0.2) is 52.5 Å². The molecule has 2 aromatic carbocycles. The molecule has 9 heteroatoms. The second-order valence-electron chi connectivity index (χ2n) is 7.53. The second-order valence-corrected chi connectivity index (χ2v) is 8.67. The van der Waals surface area contributed by atoms with Crippen molar-refractivity contribution in [2.75, 3.05) is 5.75 Å². The first-order valence-corrected chi connectivity index (χ1v) is 10.6. The van der Waals surface area contributed by atoms with Crippen LogP contribution in [0.2, 0.25) is 0 Å². The number of nitrogens with zero attached hydrogens (tertiary/aromatic N) is 3. The standard InChI is InChI=1S/C22H19F4N3OS/c1-13-27-11-17-18(8-15(23)9-19(17)29-13)28-12-21(30,22(24,25)26)10-14-6-7-31-20-5-3-2-4-16(14)20/h2-5,8-9,11-12,14,30H,6-7,10H2,1H3. The molecule has 3 aromatic rings. The van der Waals surface area contributed by atoms with E-state index >= 15 is 0 Å². The van der Waals surface area contributed by atoms with Crippen LogP contribution in [0.3, 0.4) is 0 Å². The Balaban J connectivity index is 1.72. The molecule has 0 radical (unpaired) electrons. The van der Waals surface area contributed by atoms with E-state index in [4.69, 9.17) is 0 Å². The Labute approximate surface area is 180 Å². The Morgan fingerprint density at radius 2 is 2.03 bits per heavy atom. The van der Waals surface area contributed by atoms with Crippen molar-refractivity contribution in [1.82, 2.24) is 9.97 Å². The van der Waals surface area contributed by atoms with Crippen molar-refractivity contribution in [3.8, 4) is 0 Å². The number of hydrogen-bond acceptors (Lipinski definition) is 5. The Bertz CT molecular complexity index is 1150. The molecule has 0 fully saturated rings. The van der Waals surface area contributed by atoms with E-state index in [2.05, 4.69) is 15.0 Å². The molecule has 1 N–H and O–H groups in total. The fourth-order valence-corrected chi connectivity index (χ4v) is 4.90. The number of aliphatic hydroxyl groups is 1. The number of thioether (sulfide) groups is 1. The van der Waals surface area contributed by atoms with Crippen LogP contribution in [0.25, 0.3) is 10.9 Å². The molecule has 4 rings (SSSR count). The van der Waals surface area contributed by atoms with Crippen LogP contribution in [-0.4, -0.2) is 38.8 Å². The van der Waals surface area contributed by atoms with Crippen molar-refractivity contribution in [1.29, 1.82) is 0 Å². The van der Waals surface area contributed by atoms with Crippen molar-refractivity contribution >= 4 is 34.6 Å². The molecule has 31 heavy (non-hydrogen) atoms. The molecule has 2 atom stereocenters. The molecule has 2 unspecified atom stereocenters. The Kier molecular flexibility index (Phi) is 5.74. The predicted molar refractivity (Wildman–Crippen MR) is 113 cm³/mol. The maximum Gasteiger partial charge on any atom is 0.422 e. The minimum Gasteiger partial charge on any atom is -0.376 e. The SMILES string of the molecule is Cc1ncc2c(N=CC(O)(CC3CCSc4ccccc43)C(F)(F)F)cc(F)cc2n1. The monoisotopic (exact) mass is 449 g/mol. The summed E-state index contributed by atoms with van der Waals surface area (Å²) in [5, 5.41) is 11.0. The molecule has 0 saturated heterocycles. The summed E-state index contributed by atoms with van der Waals surface area (Å²) >= 11 is 1.59. The quantitative estimate of drug-likeness (QED) is 0.408. The molecule has 4 nitrogen and oxygen atoms in total. The zero-order valence-corrected chi connectivity index (χ0v) is 17.3. The van der Waals surface area contributed by atoms with Gasteiger partial charge < -0.3 is 5.11 Å². The van der Waals surface area contributed by atoms with Gasteiger partial charge in [-0.25, -0.2) is 14.4 Å². The van der Waals surface area contributed by atoms with Gasteiger partial charge in [0.2, 0.25) is 0 Å². The van der Waals surface area contributed by atoms with Gasteiger partial charge in [0, 0.05) is 34.8 Å². The summed E-state index contributed by atoms with van der Waals surface area (Å²) in [5.41, 5.74) is -2.22. The minimum atomic E-state index is -4.95. The molecule has 1 aliphatic heterocycles. The molecule has 162 valence electrons. The topological polar surface area (TPSA) is 58.4 Å². The lowest BCUT2D eigenvalue weighted by atomic mass is 9.84. The largest absolute Gasteiger partial charge is 0.422 e. The summed E-state index contributed by atoms with van der Waals surface area (Å²) in [7, 11) is 0. The summed E-state index contributed by atoms with van der Waals surface area (Å²) in [6, 6.07) is 9.44. The molecular weight excluding hydrogens is 430 g/mol. The van der Waals surface area contributed by atoms with Crippen molar-refractivity contribution in [3.63, 3.8) is 0 Å². The highest BCUT2D eigenvalue weighted by Gasteiger charge is 2.54. The lowest BCUT2D eigenvalue weighted by Gasteiger charge is -2.33. The Morgan fingerprint density at radius 1 is 1.26 bits per heavy atom. The van der Waals surface area contributed by atoms with Crippen LogP contribution in [0.4, 0.5) is 23.2 Å². The minimum absolute atomic E-state index is 0.0720. The first kappa shape index (κ1) is 21.7. The maximum atomic E-state index is 14.0. The third kappa shape index (κ3) is 4.43. The van der Waals surface area contributed by atoms with Gasteiger partial charge in [0.1, 0.15) is 11.6 Å². The van der Waals surface area contributed by atoms with Crippen LogP contribution in [0, 0.1) is 12.7 Å². The molecule has 0 bridgehead atoms. The fraction of sp³-hybridized carbons (Fsp3) is 0.318. The third-order valence-corrected chi connectivity index (χ3v) is 6.43. The van der Waals surface area contributed by atoms with E-state index in [0.717, 1.165) is 22.6 Å². The van der Waals surface area contributed by atoms with Gasteiger partial charge in [-0.3, -0.25) is 4.99 Å². The molecular formula is C22H19F4N3OS. The number of rotatable bonds is 4. The second kappa shape index (κ2) is 8.20. The normalized spacial score (nSPS) is 18.8. The maximum absolute atomic E-state index is 14.0. The van der Waals surface area contributed by atoms with Crippen LogP contribution < -0.4 is 0 Å². The van der Waals surface area contributed by atoms with Crippen molar-refractivity contribution in [2.45, 2.75) is 42.4 Å². The zero-order chi connectivity index (χ0) is 22.2. The highest BCUT2D eigenvalue weighted by Crippen LogP contribution is 2.44. The van der Waals surface area contributed by atoms with Gasteiger partial charge in [0.15, 0.2) is 5.60 Å².